The maximum atomic E-state index is 13.0. The lowest BCUT2D eigenvalue weighted by Crippen LogP contribution is -2.12. The highest BCUT2D eigenvalue weighted by molar-refractivity contribution is 6.44. The Morgan fingerprint density at radius 3 is 2.47 bits per heavy atom. The molecular formula is C13H7Cl3FNO. The molecule has 0 spiro atoms. The minimum atomic E-state index is -0.555. The molecule has 0 atom stereocenters. The Bertz CT molecular complexity index is 646. The van der Waals surface area contributed by atoms with E-state index in [-0.39, 0.29) is 20.6 Å². The molecule has 6 heteroatoms. The zero-order valence-corrected chi connectivity index (χ0v) is 11.7. The number of halogens is 4. The van der Waals surface area contributed by atoms with Gasteiger partial charge in [-0.1, -0.05) is 40.9 Å². The van der Waals surface area contributed by atoms with Crippen LogP contribution in [0.1, 0.15) is 10.4 Å². The molecule has 0 aliphatic carbocycles. The van der Waals surface area contributed by atoms with E-state index in [0.717, 1.165) is 6.07 Å². The molecule has 2 rings (SSSR count). The maximum Gasteiger partial charge on any atom is 0.257 e. The molecular weight excluding hydrogens is 312 g/mol. The van der Waals surface area contributed by atoms with Crippen LogP contribution in [0, 0.1) is 5.82 Å². The average molecular weight is 319 g/mol. The molecule has 0 saturated carbocycles. The number of anilines is 1. The predicted molar refractivity (Wildman–Crippen MR) is 75.8 cm³/mol. The Hall–Kier alpha value is -1.29. The molecule has 0 aromatic heterocycles. The van der Waals surface area contributed by atoms with Crippen LogP contribution in [0.25, 0.3) is 0 Å². The van der Waals surface area contributed by atoms with Gasteiger partial charge in [0.05, 0.1) is 20.6 Å². The zero-order valence-electron chi connectivity index (χ0n) is 9.38. The first-order chi connectivity index (χ1) is 8.99. The van der Waals surface area contributed by atoms with E-state index in [0.29, 0.717) is 5.69 Å². The van der Waals surface area contributed by atoms with Crippen molar-refractivity contribution in [2.75, 3.05) is 5.32 Å². The fourth-order valence-electron chi connectivity index (χ4n) is 1.45. The van der Waals surface area contributed by atoms with Crippen LogP contribution in [0.3, 0.4) is 0 Å². The minimum absolute atomic E-state index is 0.0741. The van der Waals surface area contributed by atoms with Gasteiger partial charge in [-0.15, -0.1) is 0 Å². The first-order valence-corrected chi connectivity index (χ1v) is 6.33. The average Bonchev–Trinajstić information content (AvgIpc) is 2.37. The fraction of sp³-hybridized carbons (Fsp3) is 0. The molecule has 98 valence electrons. The number of carbonyl (C=O) groups excluding carboxylic acids is 1. The van der Waals surface area contributed by atoms with Crippen molar-refractivity contribution >= 4 is 46.4 Å². The highest BCUT2D eigenvalue weighted by Crippen LogP contribution is 2.26. The maximum absolute atomic E-state index is 13.0. The lowest BCUT2D eigenvalue weighted by molar-refractivity contribution is 0.102. The monoisotopic (exact) mass is 317 g/mol. The second-order valence-corrected chi connectivity index (χ2v) is 4.88. The lowest BCUT2D eigenvalue weighted by Gasteiger charge is -2.08. The smallest absolute Gasteiger partial charge is 0.257 e. The van der Waals surface area contributed by atoms with Gasteiger partial charge in [-0.05, 0) is 30.3 Å². The van der Waals surface area contributed by atoms with Crippen LogP contribution < -0.4 is 5.32 Å². The minimum Gasteiger partial charge on any atom is -0.322 e. The molecule has 0 radical (unpaired) electrons. The summed E-state index contributed by atoms with van der Waals surface area (Å²) in [5.41, 5.74) is 0.599. The summed E-state index contributed by atoms with van der Waals surface area (Å²) >= 11 is 17.4. The second-order valence-electron chi connectivity index (χ2n) is 3.68. The van der Waals surface area contributed by atoms with Crippen molar-refractivity contribution in [3.8, 4) is 0 Å². The predicted octanol–water partition coefficient (Wildman–Crippen LogP) is 5.04. The third kappa shape index (κ3) is 3.18. The van der Waals surface area contributed by atoms with Crippen LogP contribution in [-0.2, 0) is 0 Å². The van der Waals surface area contributed by atoms with Crippen molar-refractivity contribution in [1.82, 2.24) is 0 Å². The Morgan fingerprint density at radius 1 is 1.05 bits per heavy atom. The Morgan fingerprint density at radius 2 is 1.79 bits per heavy atom. The standard InChI is InChI=1S/C13H7Cl3FNO/c14-9-3-1-2-8(12(9)16)13(19)18-7-4-5-11(17)10(15)6-7/h1-6H,(H,18,19). The summed E-state index contributed by atoms with van der Waals surface area (Å²) in [6.45, 7) is 0. The summed E-state index contributed by atoms with van der Waals surface area (Å²) in [7, 11) is 0. The van der Waals surface area contributed by atoms with E-state index in [2.05, 4.69) is 5.32 Å². The molecule has 1 N–H and O–H groups in total. The Balaban J connectivity index is 2.26. The van der Waals surface area contributed by atoms with Crippen LogP contribution in [0.2, 0.25) is 15.1 Å². The normalized spacial score (nSPS) is 10.3. The number of amides is 1. The van der Waals surface area contributed by atoms with Gasteiger partial charge >= 0.3 is 0 Å². The van der Waals surface area contributed by atoms with Crippen molar-refractivity contribution in [2.45, 2.75) is 0 Å². The number of carbonyl (C=O) groups is 1. The van der Waals surface area contributed by atoms with E-state index in [4.69, 9.17) is 34.8 Å². The van der Waals surface area contributed by atoms with Gasteiger partial charge in [-0.3, -0.25) is 4.79 Å². The van der Waals surface area contributed by atoms with Crippen molar-refractivity contribution < 1.29 is 9.18 Å². The lowest BCUT2D eigenvalue weighted by atomic mass is 10.2. The molecule has 0 unspecified atom stereocenters. The largest absolute Gasteiger partial charge is 0.322 e. The molecule has 0 aliphatic heterocycles. The van der Waals surface area contributed by atoms with E-state index in [1.165, 1.54) is 18.2 Å². The van der Waals surface area contributed by atoms with Crippen molar-refractivity contribution in [3.63, 3.8) is 0 Å². The first kappa shape index (κ1) is 14.1. The summed E-state index contributed by atoms with van der Waals surface area (Å²) in [5.74, 6) is -1.00. The summed E-state index contributed by atoms with van der Waals surface area (Å²) in [6, 6.07) is 8.60. The van der Waals surface area contributed by atoms with Crippen LogP contribution in [0.15, 0.2) is 36.4 Å². The number of rotatable bonds is 2. The van der Waals surface area contributed by atoms with Crippen LogP contribution in [-0.4, -0.2) is 5.91 Å². The molecule has 0 bridgehead atoms. The molecule has 2 aromatic carbocycles. The molecule has 0 heterocycles. The molecule has 0 saturated heterocycles. The summed E-state index contributed by atoms with van der Waals surface area (Å²) in [6.07, 6.45) is 0. The fourth-order valence-corrected chi connectivity index (χ4v) is 2.02. The summed E-state index contributed by atoms with van der Waals surface area (Å²) in [5, 5.41) is 2.93. The van der Waals surface area contributed by atoms with Crippen molar-refractivity contribution in [2.24, 2.45) is 0 Å². The third-order valence-corrected chi connectivity index (χ3v) is 3.48. The van der Waals surface area contributed by atoms with Gasteiger partial charge in [0.25, 0.3) is 5.91 Å². The second kappa shape index (κ2) is 5.78. The van der Waals surface area contributed by atoms with Gasteiger partial charge in [0.15, 0.2) is 0 Å². The Kier molecular flexibility index (Phi) is 4.30. The molecule has 1 amide bonds. The van der Waals surface area contributed by atoms with Gasteiger partial charge < -0.3 is 5.32 Å². The van der Waals surface area contributed by atoms with E-state index >= 15 is 0 Å². The van der Waals surface area contributed by atoms with Gasteiger partial charge in [0, 0.05) is 5.69 Å². The quantitative estimate of drug-likeness (QED) is 0.826. The van der Waals surface area contributed by atoms with Gasteiger partial charge in [0.2, 0.25) is 0 Å². The molecule has 19 heavy (non-hydrogen) atoms. The number of hydrogen-bond donors (Lipinski definition) is 1. The van der Waals surface area contributed by atoms with E-state index in [1.54, 1.807) is 12.1 Å². The van der Waals surface area contributed by atoms with Crippen molar-refractivity contribution in [1.29, 1.82) is 0 Å². The topological polar surface area (TPSA) is 29.1 Å². The third-order valence-electron chi connectivity index (χ3n) is 2.37. The molecule has 0 fully saturated rings. The molecule has 2 aromatic rings. The summed E-state index contributed by atoms with van der Waals surface area (Å²) < 4.78 is 13.0. The summed E-state index contributed by atoms with van der Waals surface area (Å²) in [4.78, 5) is 12.0. The van der Waals surface area contributed by atoms with E-state index < -0.39 is 11.7 Å². The highest BCUT2D eigenvalue weighted by Gasteiger charge is 2.13. The SMILES string of the molecule is O=C(Nc1ccc(F)c(Cl)c1)c1cccc(Cl)c1Cl. The molecule has 2 nitrogen and oxygen atoms in total. The van der Waals surface area contributed by atoms with Crippen LogP contribution >= 0.6 is 34.8 Å². The van der Waals surface area contributed by atoms with E-state index in [9.17, 15) is 9.18 Å². The van der Waals surface area contributed by atoms with Gasteiger partial charge in [0.1, 0.15) is 5.82 Å². The molecule has 0 aliphatic rings. The number of hydrogen-bond acceptors (Lipinski definition) is 1. The van der Waals surface area contributed by atoms with Crippen LogP contribution in [0.4, 0.5) is 10.1 Å². The van der Waals surface area contributed by atoms with E-state index in [1.807, 2.05) is 0 Å². The van der Waals surface area contributed by atoms with Crippen molar-refractivity contribution in [3.05, 3.63) is 62.8 Å². The first-order valence-electron chi connectivity index (χ1n) is 5.19. The number of benzene rings is 2. The highest BCUT2D eigenvalue weighted by atomic mass is 35.5. The van der Waals surface area contributed by atoms with Crippen LogP contribution in [0.5, 0.6) is 0 Å². The number of nitrogens with one attached hydrogen (secondary N) is 1. The van der Waals surface area contributed by atoms with Gasteiger partial charge in [-0.25, -0.2) is 4.39 Å². The zero-order chi connectivity index (χ0) is 14.0. The van der Waals surface area contributed by atoms with Gasteiger partial charge in [-0.2, -0.15) is 0 Å². The Labute approximate surface area is 124 Å².